The SMILES string of the molecule is CCCCOc1nc(N)c2nc(OC)n(CC3CCN(CCCNCc4cccc(CC(=O)OC)c4)CC3)c2n1. The number of fused-ring (bicyclic) bond motifs is 1. The van der Waals surface area contributed by atoms with Gasteiger partial charge in [0.05, 0.1) is 27.2 Å². The molecule has 11 heteroatoms. The molecule has 0 radical (unpaired) electrons. The predicted molar refractivity (Wildman–Crippen MR) is 154 cm³/mol. The van der Waals surface area contributed by atoms with Gasteiger partial charge in [0.25, 0.3) is 6.01 Å². The second kappa shape index (κ2) is 14.8. The lowest BCUT2D eigenvalue weighted by molar-refractivity contribution is -0.139. The van der Waals surface area contributed by atoms with E-state index in [2.05, 4.69) is 44.2 Å². The summed E-state index contributed by atoms with van der Waals surface area (Å²) >= 11 is 0. The summed E-state index contributed by atoms with van der Waals surface area (Å²) in [4.78, 5) is 27.5. The molecule has 1 aliphatic heterocycles. The Kier molecular flexibility index (Phi) is 10.9. The zero-order valence-corrected chi connectivity index (χ0v) is 24.0. The topological polar surface area (TPSA) is 130 Å². The summed E-state index contributed by atoms with van der Waals surface area (Å²) in [5, 5.41) is 3.53. The summed E-state index contributed by atoms with van der Waals surface area (Å²) in [6.07, 6.45) is 5.56. The number of hydrogen-bond donors (Lipinski definition) is 2. The van der Waals surface area contributed by atoms with E-state index in [4.69, 9.17) is 19.9 Å². The highest BCUT2D eigenvalue weighted by Crippen LogP contribution is 2.29. The van der Waals surface area contributed by atoms with Crippen LogP contribution in [0, 0.1) is 5.92 Å². The highest BCUT2D eigenvalue weighted by atomic mass is 16.5. The minimum Gasteiger partial charge on any atom is -0.469 e. The molecule has 3 N–H and O–H groups in total. The minimum absolute atomic E-state index is 0.216. The van der Waals surface area contributed by atoms with Crippen molar-refractivity contribution in [1.29, 1.82) is 0 Å². The zero-order valence-electron chi connectivity index (χ0n) is 24.0. The summed E-state index contributed by atoms with van der Waals surface area (Å²) in [6.45, 7) is 8.39. The molecule has 0 amide bonds. The van der Waals surface area contributed by atoms with Gasteiger partial charge in [-0.3, -0.25) is 9.36 Å². The van der Waals surface area contributed by atoms with E-state index in [-0.39, 0.29) is 5.97 Å². The van der Waals surface area contributed by atoms with Crippen LogP contribution in [0.1, 0.15) is 50.2 Å². The number of aromatic nitrogens is 4. The Balaban J connectivity index is 1.22. The van der Waals surface area contributed by atoms with E-state index in [0.29, 0.717) is 47.9 Å². The van der Waals surface area contributed by atoms with Gasteiger partial charge in [0.1, 0.15) is 0 Å². The number of ether oxygens (including phenoxy) is 3. The Labute approximate surface area is 236 Å². The van der Waals surface area contributed by atoms with Crippen LogP contribution in [0.4, 0.5) is 5.82 Å². The van der Waals surface area contributed by atoms with Gasteiger partial charge < -0.3 is 30.2 Å². The van der Waals surface area contributed by atoms with Crippen LogP contribution in [-0.4, -0.2) is 77.4 Å². The first kappa shape index (κ1) is 29.5. The summed E-state index contributed by atoms with van der Waals surface area (Å²) in [5.74, 6) is 0.594. The van der Waals surface area contributed by atoms with Gasteiger partial charge in [-0.15, -0.1) is 0 Å². The van der Waals surface area contributed by atoms with Crippen molar-refractivity contribution in [2.75, 3.05) is 52.7 Å². The lowest BCUT2D eigenvalue weighted by atomic mass is 9.96. The molecule has 1 aromatic carbocycles. The summed E-state index contributed by atoms with van der Waals surface area (Å²) in [7, 11) is 3.04. The number of hydrogen-bond acceptors (Lipinski definition) is 10. The molecule has 3 aromatic rings. The average molecular weight is 554 g/mol. The molecule has 11 nitrogen and oxygen atoms in total. The fourth-order valence-electron chi connectivity index (χ4n) is 5.07. The second-order valence-electron chi connectivity index (χ2n) is 10.4. The largest absolute Gasteiger partial charge is 0.469 e. The van der Waals surface area contributed by atoms with Gasteiger partial charge in [-0.25, -0.2) is 0 Å². The Hall–Kier alpha value is -3.44. The molecule has 1 saturated heterocycles. The number of likely N-dealkylation sites (tertiary alicyclic amines) is 1. The molecule has 218 valence electrons. The molecule has 0 unspecified atom stereocenters. The summed E-state index contributed by atoms with van der Waals surface area (Å²) in [5.41, 5.74) is 9.57. The van der Waals surface area contributed by atoms with E-state index in [1.807, 2.05) is 16.7 Å². The average Bonchev–Trinajstić information content (AvgIpc) is 3.31. The lowest BCUT2D eigenvalue weighted by Crippen LogP contribution is -2.36. The zero-order chi connectivity index (χ0) is 28.3. The Bertz CT molecular complexity index is 1240. The highest BCUT2D eigenvalue weighted by Gasteiger charge is 2.24. The summed E-state index contributed by atoms with van der Waals surface area (Å²) in [6, 6.07) is 8.89. The van der Waals surface area contributed by atoms with Crippen molar-refractivity contribution in [2.45, 2.75) is 58.5 Å². The van der Waals surface area contributed by atoms with E-state index < -0.39 is 0 Å². The van der Waals surface area contributed by atoms with Gasteiger partial charge in [0, 0.05) is 13.1 Å². The van der Waals surface area contributed by atoms with Crippen LogP contribution in [0.2, 0.25) is 0 Å². The maximum Gasteiger partial charge on any atom is 0.320 e. The number of imidazole rings is 1. The van der Waals surface area contributed by atoms with Crippen molar-refractivity contribution in [2.24, 2.45) is 5.92 Å². The van der Waals surface area contributed by atoms with Gasteiger partial charge in [0.15, 0.2) is 17.0 Å². The van der Waals surface area contributed by atoms with E-state index in [0.717, 1.165) is 76.9 Å². The van der Waals surface area contributed by atoms with Crippen LogP contribution in [0.15, 0.2) is 24.3 Å². The second-order valence-corrected chi connectivity index (χ2v) is 10.4. The van der Waals surface area contributed by atoms with Crippen LogP contribution >= 0.6 is 0 Å². The Morgan fingerprint density at radius 2 is 1.93 bits per heavy atom. The van der Waals surface area contributed by atoms with Crippen molar-refractivity contribution in [3.63, 3.8) is 0 Å². The highest BCUT2D eigenvalue weighted by molar-refractivity contribution is 5.83. The molecule has 0 saturated carbocycles. The maximum absolute atomic E-state index is 11.5. The molecular formula is C29H43N7O4. The van der Waals surface area contributed by atoms with Crippen LogP contribution in [0.5, 0.6) is 12.0 Å². The van der Waals surface area contributed by atoms with Crippen molar-refractivity contribution < 1.29 is 19.0 Å². The van der Waals surface area contributed by atoms with Gasteiger partial charge in [0.2, 0.25) is 0 Å². The number of carbonyl (C=O) groups is 1. The number of nitrogen functional groups attached to an aromatic ring is 1. The van der Waals surface area contributed by atoms with Crippen molar-refractivity contribution in [3.05, 3.63) is 35.4 Å². The molecule has 40 heavy (non-hydrogen) atoms. The third-order valence-electron chi connectivity index (χ3n) is 7.35. The number of rotatable bonds is 15. The molecule has 1 fully saturated rings. The number of methoxy groups -OCH3 is 2. The van der Waals surface area contributed by atoms with Gasteiger partial charge in [-0.05, 0) is 68.9 Å². The molecule has 0 aliphatic carbocycles. The number of esters is 1. The molecular weight excluding hydrogens is 510 g/mol. The molecule has 0 spiro atoms. The van der Waals surface area contributed by atoms with Crippen molar-refractivity contribution in [3.8, 4) is 12.0 Å². The molecule has 3 heterocycles. The van der Waals surface area contributed by atoms with Gasteiger partial charge in [-0.2, -0.15) is 15.0 Å². The Morgan fingerprint density at radius 3 is 2.67 bits per heavy atom. The van der Waals surface area contributed by atoms with Crippen LogP contribution in [0.25, 0.3) is 11.2 Å². The third-order valence-corrected chi connectivity index (χ3v) is 7.35. The quantitative estimate of drug-likeness (QED) is 0.214. The number of nitrogens with one attached hydrogen (secondary N) is 1. The van der Waals surface area contributed by atoms with Gasteiger partial charge >= 0.3 is 12.0 Å². The minimum atomic E-state index is -0.216. The van der Waals surface area contributed by atoms with E-state index >= 15 is 0 Å². The van der Waals surface area contributed by atoms with E-state index in [1.54, 1.807) is 7.11 Å². The molecule has 2 aromatic heterocycles. The number of carbonyl (C=O) groups excluding carboxylic acids is 1. The first-order chi connectivity index (χ1) is 19.5. The third kappa shape index (κ3) is 8.04. The molecule has 0 bridgehead atoms. The number of unbranched alkanes of at least 4 members (excludes halogenated alkanes) is 1. The molecule has 4 rings (SSSR count). The number of anilines is 1. The molecule has 0 atom stereocenters. The van der Waals surface area contributed by atoms with Crippen LogP contribution in [-0.2, 0) is 29.0 Å². The number of benzene rings is 1. The van der Waals surface area contributed by atoms with E-state index in [1.165, 1.54) is 12.7 Å². The number of nitrogens with zero attached hydrogens (tertiary/aromatic N) is 5. The van der Waals surface area contributed by atoms with Gasteiger partial charge in [-0.1, -0.05) is 37.6 Å². The smallest absolute Gasteiger partial charge is 0.320 e. The fraction of sp³-hybridized carbons (Fsp3) is 0.586. The summed E-state index contributed by atoms with van der Waals surface area (Å²) < 4.78 is 18.1. The number of nitrogens with two attached hydrogens (primary N) is 1. The van der Waals surface area contributed by atoms with E-state index in [9.17, 15) is 4.79 Å². The number of piperidine rings is 1. The first-order valence-corrected chi connectivity index (χ1v) is 14.3. The standard InChI is InChI=1S/C29H43N7O4/c1-4-5-16-40-28-33-26(30)25-27(34-28)36(29(32-25)39-3)20-21-10-14-35(15-11-21)13-7-12-31-19-23-9-6-8-22(17-23)18-24(37)38-2/h6,8-9,17,21,31H,4-5,7,10-16,18-20H2,1-3H3,(H2,30,33,34). The first-order valence-electron chi connectivity index (χ1n) is 14.3. The van der Waals surface area contributed by atoms with Crippen LogP contribution in [0.3, 0.4) is 0 Å². The fourth-order valence-corrected chi connectivity index (χ4v) is 5.07. The van der Waals surface area contributed by atoms with Crippen molar-refractivity contribution >= 4 is 23.0 Å². The monoisotopic (exact) mass is 553 g/mol. The van der Waals surface area contributed by atoms with Crippen LogP contribution < -0.4 is 20.5 Å². The normalized spacial score (nSPS) is 14.5. The van der Waals surface area contributed by atoms with Crippen molar-refractivity contribution in [1.82, 2.24) is 29.7 Å². The predicted octanol–water partition coefficient (Wildman–Crippen LogP) is 3.20. The Morgan fingerprint density at radius 1 is 1.12 bits per heavy atom. The molecule has 1 aliphatic rings. The maximum atomic E-state index is 11.5. The lowest BCUT2D eigenvalue weighted by Gasteiger charge is -2.32.